The number of aliphatic hydroxyl groups excluding tert-OH is 4. The average molecular weight is 521 g/mol. The molecule has 0 radical (unpaired) electrons. The molecule has 5 heteroatoms. The van der Waals surface area contributed by atoms with Crippen LogP contribution in [0.1, 0.15) is 99.3 Å². The Balaban J connectivity index is 1.62. The van der Waals surface area contributed by atoms with Crippen molar-refractivity contribution in [3.8, 4) is 0 Å². The number of hydrogen-bond donors (Lipinski definition) is 5. The number of fused-ring (bicyclic) bond motifs is 5. The molecule has 0 aromatic heterocycles. The van der Waals surface area contributed by atoms with Crippen LogP contribution in [-0.4, -0.2) is 55.5 Å². The van der Waals surface area contributed by atoms with Gasteiger partial charge in [0.2, 0.25) is 0 Å². The molecule has 0 spiro atoms. The third kappa shape index (κ3) is 4.67. The summed E-state index contributed by atoms with van der Waals surface area (Å²) in [5.74, 6) is 1.95. The predicted molar refractivity (Wildman–Crippen MR) is 148 cm³/mol. The van der Waals surface area contributed by atoms with Crippen LogP contribution in [0.4, 0.5) is 0 Å². The van der Waals surface area contributed by atoms with E-state index >= 15 is 0 Å². The first-order valence-electron chi connectivity index (χ1n) is 15.3. The van der Waals surface area contributed by atoms with Gasteiger partial charge in [0.1, 0.15) is 0 Å². The third-order valence-electron chi connectivity index (χ3n) is 12.7. The second-order valence-corrected chi connectivity index (χ2v) is 14.7. The van der Waals surface area contributed by atoms with Gasteiger partial charge >= 0.3 is 0 Å². The van der Waals surface area contributed by atoms with Crippen LogP contribution in [0.3, 0.4) is 0 Å². The molecule has 0 aliphatic heterocycles. The van der Waals surface area contributed by atoms with Crippen molar-refractivity contribution < 1.29 is 25.5 Å². The summed E-state index contributed by atoms with van der Waals surface area (Å²) in [5.41, 5.74) is -1.07. The van der Waals surface area contributed by atoms with Crippen molar-refractivity contribution in [1.29, 1.82) is 0 Å². The molecule has 0 aromatic rings. The van der Waals surface area contributed by atoms with Crippen LogP contribution in [0.15, 0.2) is 12.7 Å². The van der Waals surface area contributed by atoms with Gasteiger partial charge < -0.3 is 25.5 Å². The van der Waals surface area contributed by atoms with Crippen LogP contribution in [0, 0.1) is 58.2 Å². The first kappa shape index (κ1) is 29.5. The molecule has 0 aromatic carbocycles. The number of aliphatic hydroxyl groups is 5. The molecular weight excluding hydrogens is 464 g/mol. The van der Waals surface area contributed by atoms with Crippen LogP contribution < -0.4 is 0 Å². The number of rotatable bonds is 8. The fraction of sp³-hybridized carbons (Fsp3) is 0.938. The van der Waals surface area contributed by atoms with Gasteiger partial charge in [-0.3, -0.25) is 0 Å². The van der Waals surface area contributed by atoms with Crippen molar-refractivity contribution in [2.24, 2.45) is 58.2 Å². The van der Waals surface area contributed by atoms with Gasteiger partial charge in [0.15, 0.2) is 0 Å². The van der Waals surface area contributed by atoms with E-state index in [0.29, 0.717) is 48.9 Å². The summed E-state index contributed by atoms with van der Waals surface area (Å²) in [7, 11) is 0. The minimum Gasteiger partial charge on any atom is -0.390 e. The molecule has 4 fully saturated rings. The Labute approximate surface area is 225 Å². The van der Waals surface area contributed by atoms with E-state index < -0.39 is 30.0 Å². The summed E-state index contributed by atoms with van der Waals surface area (Å²) in [6.45, 7) is 17.2. The first-order chi connectivity index (χ1) is 17.2. The maximum absolute atomic E-state index is 12.1. The highest BCUT2D eigenvalue weighted by molar-refractivity contribution is 5.16. The van der Waals surface area contributed by atoms with Crippen LogP contribution in [0.25, 0.3) is 0 Å². The lowest BCUT2D eigenvalue weighted by Crippen LogP contribution is -2.65. The van der Waals surface area contributed by atoms with E-state index in [1.165, 1.54) is 0 Å². The summed E-state index contributed by atoms with van der Waals surface area (Å²) in [6, 6.07) is 0. The Bertz CT molecular complexity index is 815. The van der Waals surface area contributed by atoms with Crippen LogP contribution in [0.5, 0.6) is 0 Å². The normalized spacial score (nSPS) is 48.9. The summed E-state index contributed by atoms with van der Waals surface area (Å²) < 4.78 is 0. The summed E-state index contributed by atoms with van der Waals surface area (Å²) in [4.78, 5) is 0. The maximum atomic E-state index is 12.1. The highest BCUT2D eigenvalue weighted by atomic mass is 16.3. The lowest BCUT2D eigenvalue weighted by Gasteiger charge is -2.66. The minimum absolute atomic E-state index is 0.0139. The van der Waals surface area contributed by atoms with Gasteiger partial charge in [-0.15, -0.1) is 6.58 Å². The largest absolute Gasteiger partial charge is 0.390 e. The Kier molecular flexibility index (Phi) is 8.38. The molecule has 0 bridgehead atoms. The molecule has 214 valence electrons. The van der Waals surface area contributed by atoms with Gasteiger partial charge in [0, 0.05) is 0 Å². The fourth-order valence-corrected chi connectivity index (χ4v) is 10.9. The summed E-state index contributed by atoms with van der Waals surface area (Å²) in [6.07, 6.45) is 6.26. The van der Waals surface area contributed by atoms with E-state index in [-0.39, 0.29) is 28.6 Å². The van der Waals surface area contributed by atoms with Crippen molar-refractivity contribution in [3.63, 3.8) is 0 Å². The lowest BCUT2D eigenvalue weighted by molar-refractivity contribution is -0.233. The van der Waals surface area contributed by atoms with Crippen molar-refractivity contribution in [3.05, 3.63) is 12.7 Å². The molecule has 5 nitrogen and oxygen atoms in total. The molecule has 4 saturated carbocycles. The van der Waals surface area contributed by atoms with Crippen LogP contribution in [-0.2, 0) is 0 Å². The van der Waals surface area contributed by atoms with E-state index in [0.717, 1.165) is 38.5 Å². The Morgan fingerprint density at radius 2 is 1.57 bits per heavy atom. The molecule has 0 amide bonds. The monoisotopic (exact) mass is 520 g/mol. The Morgan fingerprint density at radius 1 is 0.919 bits per heavy atom. The zero-order valence-corrected chi connectivity index (χ0v) is 24.3. The first-order valence-corrected chi connectivity index (χ1v) is 15.3. The molecular formula is C32H56O5. The van der Waals surface area contributed by atoms with Gasteiger partial charge in [-0.1, -0.05) is 54.0 Å². The van der Waals surface area contributed by atoms with E-state index in [9.17, 15) is 25.5 Å². The van der Waals surface area contributed by atoms with Gasteiger partial charge in [-0.05, 0) is 110 Å². The molecule has 0 unspecified atom stereocenters. The SMILES string of the molecule is C=CC[C@@]1(O)C[C@@H]2[C@H](CC[C@]3(C)[C@@H]([C@H](C)[C@H](O)[C@@H](O)[C@@H](CC)C(C)C)CC[C@@H]23)[C@@]2(C)C[C@@H](O)[C@@H](O)C[C@H]12. The Hall–Kier alpha value is -0.460. The highest BCUT2D eigenvalue weighted by Crippen LogP contribution is 2.70. The van der Waals surface area contributed by atoms with E-state index in [4.69, 9.17) is 0 Å². The van der Waals surface area contributed by atoms with Crippen molar-refractivity contribution >= 4 is 0 Å². The molecule has 37 heavy (non-hydrogen) atoms. The predicted octanol–water partition coefficient (Wildman–Crippen LogP) is 4.93. The van der Waals surface area contributed by atoms with Gasteiger partial charge in [-0.25, -0.2) is 0 Å². The second kappa shape index (κ2) is 10.5. The molecule has 14 atom stereocenters. The fourth-order valence-electron chi connectivity index (χ4n) is 10.9. The smallest absolute Gasteiger partial charge is 0.0832 e. The average Bonchev–Trinajstić information content (AvgIpc) is 3.17. The molecule has 4 aliphatic rings. The van der Waals surface area contributed by atoms with E-state index in [2.05, 4.69) is 48.1 Å². The van der Waals surface area contributed by atoms with Crippen LogP contribution in [0.2, 0.25) is 0 Å². The highest BCUT2D eigenvalue weighted by Gasteiger charge is 2.66. The van der Waals surface area contributed by atoms with E-state index in [1.807, 2.05) is 6.08 Å². The molecule has 4 rings (SSSR count). The van der Waals surface area contributed by atoms with Crippen molar-refractivity contribution in [2.75, 3.05) is 0 Å². The number of hydrogen-bond acceptors (Lipinski definition) is 5. The topological polar surface area (TPSA) is 101 Å². The summed E-state index contributed by atoms with van der Waals surface area (Å²) >= 11 is 0. The zero-order valence-electron chi connectivity index (χ0n) is 24.3. The molecule has 0 heterocycles. The van der Waals surface area contributed by atoms with Gasteiger partial charge in [0.05, 0.1) is 30.0 Å². The zero-order chi connectivity index (χ0) is 27.5. The maximum Gasteiger partial charge on any atom is 0.0832 e. The van der Waals surface area contributed by atoms with Gasteiger partial charge in [0.25, 0.3) is 0 Å². The molecule has 0 saturated heterocycles. The van der Waals surface area contributed by atoms with Crippen LogP contribution >= 0.6 is 0 Å². The quantitative estimate of drug-likeness (QED) is 0.292. The molecule has 5 N–H and O–H groups in total. The van der Waals surface area contributed by atoms with E-state index in [1.54, 1.807) is 0 Å². The van der Waals surface area contributed by atoms with Crippen molar-refractivity contribution in [2.45, 2.75) is 129 Å². The molecule has 4 aliphatic carbocycles. The third-order valence-corrected chi connectivity index (χ3v) is 12.7. The summed E-state index contributed by atoms with van der Waals surface area (Å²) in [5, 5.41) is 56.0. The van der Waals surface area contributed by atoms with Crippen molar-refractivity contribution in [1.82, 2.24) is 0 Å². The second-order valence-electron chi connectivity index (χ2n) is 14.7. The van der Waals surface area contributed by atoms with Gasteiger partial charge in [-0.2, -0.15) is 0 Å². The standard InChI is InChI=1S/C32H56O5/c1-8-13-32(37)16-21-23-11-10-22(19(5)28(35)29(36)20(9-2)18(3)4)30(23,6)14-12-24(21)31(7)17-26(34)25(33)15-27(31)32/h8,18-29,33-37H,1,9-17H2,2-7H3/t19-,20-,21-,22+,23-,24-,25-,26+,27-,28-,29-,30+,31+,32+/m0/s1. The minimum atomic E-state index is -0.915. The Morgan fingerprint density at radius 3 is 2.16 bits per heavy atom. The lowest BCUT2D eigenvalue weighted by atomic mass is 9.41.